The van der Waals surface area contributed by atoms with Gasteiger partial charge in [-0.3, -0.25) is 4.57 Å². The van der Waals surface area contributed by atoms with Gasteiger partial charge in [-0.2, -0.15) is 0 Å². The first-order chi connectivity index (χ1) is 25.3. The maximum Gasteiger partial charge on any atom is 0.235 e. The van der Waals surface area contributed by atoms with Crippen LogP contribution in [0.4, 0.5) is 0 Å². The average molecular weight is 669 g/mol. The second kappa shape index (κ2) is 11.0. The van der Waals surface area contributed by atoms with E-state index in [2.05, 4.69) is 173 Å². The van der Waals surface area contributed by atoms with Gasteiger partial charge in [-0.15, -0.1) is 11.3 Å². The van der Waals surface area contributed by atoms with Gasteiger partial charge in [0.2, 0.25) is 5.95 Å². The molecule has 238 valence electrons. The van der Waals surface area contributed by atoms with Crippen molar-refractivity contribution >= 4 is 75.1 Å². The average Bonchev–Trinajstić information content (AvgIpc) is 3.86. The summed E-state index contributed by atoms with van der Waals surface area (Å²) in [7, 11) is 0. The van der Waals surface area contributed by atoms with E-state index < -0.39 is 0 Å². The molecule has 0 atom stereocenters. The first-order valence-corrected chi connectivity index (χ1v) is 18.0. The molecule has 5 heteroatoms. The molecule has 0 aliphatic heterocycles. The highest BCUT2D eigenvalue weighted by atomic mass is 32.1. The van der Waals surface area contributed by atoms with Crippen molar-refractivity contribution < 1.29 is 0 Å². The van der Waals surface area contributed by atoms with E-state index in [1.807, 2.05) is 17.4 Å². The van der Waals surface area contributed by atoms with E-state index in [9.17, 15) is 0 Å². The summed E-state index contributed by atoms with van der Waals surface area (Å²) in [5, 5.41) is 7.30. The van der Waals surface area contributed by atoms with Crippen molar-refractivity contribution in [3.8, 4) is 34.2 Å². The lowest BCUT2D eigenvalue weighted by Gasteiger charge is -2.12. The molecule has 0 unspecified atom stereocenters. The molecule has 4 heterocycles. The Kier molecular flexibility index (Phi) is 6.09. The fourth-order valence-electron chi connectivity index (χ4n) is 7.90. The van der Waals surface area contributed by atoms with Crippen molar-refractivity contribution in [2.75, 3.05) is 0 Å². The summed E-state index contributed by atoms with van der Waals surface area (Å²) in [6.07, 6.45) is 0. The van der Waals surface area contributed by atoms with Crippen LogP contribution in [-0.2, 0) is 0 Å². The molecule has 0 aliphatic rings. The van der Waals surface area contributed by atoms with Crippen LogP contribution in [0.15, 0.2) is 170 Å². The van der Waals surface area contributed by atoms with Crippen molar-refractivity contribution in [3.05, 3.63) is 170 Å². The van der Waals surface area contributed by atoms with Crippen molar-refractivity contribution in [1.29, 1.82) is 0 Å². The monoisotopic (exact) mass is 668 g/mol. The third-order valence-electron chi connectivity index (χ3n) is 10.1. The standard InChI is InChI=1S/C46H28N4S/c1-3-13-29(14-4-1)37-28-38(30-23-24-34-33-18-9-12-22-42(33)51-43(34)27-30)48-46(47-37)50-39-20-10-7-17-32(39)35-25-26-41-44(45(35)50)36-19-8-11-21-40(36)49(41)31-15-5-2-6-16-31/h1-28H. The Labute approximate surface area is 297 Å². The zero-order chi connectivity index (χ0) is 33.5. The predicted molar refractivity (Wildman–Crippen MR) is 214 cm³/mol. The Morgan fingerprint density at radius 2 is 1.00 bits per heavy atom. The van der Waals surface area contributed by atoms with Gasteiger partial charge >= 0.3 is 0 Å². The number of aromatic nitrogens is 4. The maximum absolute atomic E-state index is 5.43. The van der Waals surface area contributed by atoms with Crippen LogP contribution in [-0.4, -0.2) is 19.1 Å². The van der Waals surface area contributed by atoms with Crippen molar-refractivity contribution in [2.45, 2.75) is 0 Å². The normalized spacial score (nSPS) is 11.9. The molecule has 0 bridgehead atoms. The van der Waals surface area contributed by atoms with Gasteiger partial charge in [0.15, 0.2) is 0 Å². The molecule has 51 heavy (non-hydrogen) atoms. The van der Waals surface area contributed by atoms with Crippen LogP contribution in [0.2, 0.25) is 0 Å². The number of hydrogen-bond acceptors (Lipinski definition) is 3. The molecule has 0 saturated heterocycles. The second-order valence-corrected chi connectivity index (χ2v) is 14.1. The number of nitrogens with zero attached hydrogens (tertiary/aromatic N) is 4. The molecule has 4 aromatic heterocycles. The summed E-state index contributed by atoms with van der Waals surface area (Å²) in [6.45, 7) is 0. The number of fused-ring (bicyclic) bond motifs is 10. The van der Waals surface area contributed by atoms with E-state index in [4.69, 9.17) is 9.97 Å². The summed E-state index contributed by atoms with van der Waals surface area (Å²) in [4.78, 5) is 10.8. The lowest BCUT2D eigenvalue weighted by atomic mass is 10.1. The molecule has 0 saturated carbocycles. The molecule has 0 aliphatic carbocycles. The van der Waals surface area contributed by atoms with Crippen molar-refractivity contribution in [1.82, 2.24) is 19.1 Å². The third-order valence-corrected chi connectivity index (χ3v) is 11.3. The zero-order valence-electron chi connectivity index (χ0n) is 27.4. The fraction of sp³-hybridized carbons (Fsp3) is 0. The Morgan fingerprint density at radius 1 is 0.392 bits per heavy atom. The van der Waals surface area contributed by atoms with E-state index in [0.717, 1.165) is 44.8 Å². The summed E-state index contributed by atoms with van der Waals surface area (Å²) < 4.78 is 7.21. The Morgan fingerprint density at radius 3 is 1.80 bits per heavy atom. The highest BCUT2D eigenvalue weighted by molar-refractivity contribution is 7.25. The van der Waals surface area contributed by atoms with E-state index in [1.165, 1.54) is 47.2 Å². The fourth-order valence-corrected chi connectivity index (χ4v) is 9.04. The van der Waals surface area contributed by atoms with Gasteiger partial charge in [0.1, 0.15) is 0 Å². The Balaban J connectivity index is 1.25. The summed E-state index contributed by atoms with van der Waals surface area (Å²) >= 11 is 1.83. The van der Waals surface area contributed by atoms with Crippen LogP contribution in [0.25, 0.3) is 97.9 Å². The molecule has 4 nitrogen and oxygen atoms in total. The minimum atomic E-state index is 0.651. The smallest absolute Gasteiger partial charge is 0.235 e. The van der Waals surface area contributed by atoms with E-state index in [1.54, 1.807) is 0 Å². The molecule has 0 radical (unpaired) electrons. The Bertz CT molecular complexity index is 3130. The Hall–Kier alpha value is -6.56. The first-order valence-electron chi connectivity index (χ1n) is 17.2. The lowest BCUT2D eigenvalue weighted by molar-refractivity contribution is 0.998. The molecule has 0 spiro atoms. The molecule has 11 aromatic rings. The number of benzene rings is 7. The highest BCUT2D eigenvalue weighted by Crippen LogP contribution is 2.42. The summed E-state index contributed by atoms with van der Waals surface area (Å²) in [5.74, 6) is 0.651. The van der Waals surface area contributed by atoms with Crippen molar-refractivity contribution in [3.63, 3.8) is 0 Å². The second-order valence-electron chi connectivity index (χ2n) is 13.0. The zero-order valence-corrected chi connectivity index (χ0v) is 28.2. The SMILES string of the molecule is c1ccc(-c2cc(-c3ccc4c(c3)sc3ccccc34)nc(-n3c4ccccc4c4ccc5c(c6ccccc6n5-c5ccccc5)c43)n2)cc1. The van der Waals surface area contributed by atoms with Gasteiger partial charge in [0.25, 0.3) is 0 Å². The number of thiophene rings is 1. The van der Waals surface area contributed by atoms with Gasteiger partial charge in [-0.25, -0.2) is 9.97 Å². The van der Waals surface area contributed by atoms with E-state index in [-0.39, 0.29) is 0 Å². The van der Waals surface area contributed by atoms with Crippen molar-refractivity contribution in [2.24, 2.45) is 0 Å². The van der Waals surface area contributed by atoms with Gasteiger partial charge in [-0.05, 0) is 48.5 Å². The van der Waals surface area contributed by atoms with Gasteiger partial charge in [-0.1, -0.05) is 121 Å². The molecule has 0 fully saturated rings. The van der Waals surface area contributed by atoms with Crippen LogP contribution in [0.1, 0.15) is 0 Å². The van der Waals surface area contributed by atoms with Gasteiger partial charge < -0.3 is 4.57 Å². The molecular formula is C46H28N4S. The lowest BCUT2D eigenvalue weighted by Crippen LogP contribution is -2.04. The highest BCUT2D eigenvalue weighted by Gasteiger charge is 2.22. The van der Waals surface area contributed by atoms with Crippen LogP contribution >= 0.6 is 11.3 Å². The van der Waals surface area contributed by atoms with E-state index >= 15 is 0 Å². The first kappa shape index (κ1) is 28.3. The number of rotatable bonds is 4. The largest absolute Gasteiger partial charge is 0.309 e. The van der Waals surface area contributed by atoms with Crippen LogP contribution < -0.4 is 0 Å². The molecular weight excluding hydrogens is 641 g/mol. The van der Waals surface area contributed by atoms with Crippen LogP contribution in [0, 0.1) is 0 Å². The van der Waals surface area contributed by atoms with Crippen LogP contribution in [0.5, 0.6) is 0 Å². The van der Waals surface area contributed by atoms with E-state index in [0.29, 0.717) is 5.95 Å². The summed E-state index contributed by atoms with van der Waals surface area (Å²) in [5.41, 5.74) is 9.53. The molecule has 0 N–H and O–H groups in total. The number of para-hydroxylation sites is 3. The topological polar surface area (TPSA) is 35.6 Å². The minimum Gasteiger partial charge on any atom is -0.309 e. The third kappa shape index (κ3) is 4.25. The molecule has 0 amide bonds. The van der Waals surface area contributed by atoms with Gasteiger partial charge in [0.05, 0.1) is 33.5 Å². The summed E-state index contributed by atoms with van der Waals surface area (Å²) in [6, 6.07) is 60.5. The quantitative estimate of drug-likeness (QED) is 0.187. The number of hydrogen-bond donors (Lipinski definition) is 0. The molecule has 7 aromatic carbocycles. The minimum absolute atomic E-state index is 0.651. The van der Waals surface area contributed by atoms with Gasteiger partial charge in [0, 0.05) is 58.5 Å². The molecule has 11 rings (SSSR count). The van der Waals surface area contributed by atoms with Crippen LogP contribution in [0.3, 0.4) is 0 Å². The predicted octanol–water partition coefficient (Wildman–Crippen LogP) is 12.4. The maximum atomic E-state index is 5.43.